The fourth-order valence-electron chi connectivity index (χ4n) is 1.63. The standard InChI is InChI=1S/C13H11BrFN/c1-8-2-4-10(16)7-11(8)12-6-9(14)3-5-13(12)15/h2-7H,16H2,1H3. The molecule has 16 heavy (non-hydrogen) atoms. The third-order valence-electron chi connectivity index (χ3n) is 2.48. The van der Waals surface area contributed by atoms with Crippen molar-refractivity contribution in [3.8, 4) is 11.1 Å². The number of rotatable bonds is 1. The highest BCUT2D eigenvalue weighted by atomic mass is 79.9. The molecular formula is C13H11BrFN. The minimum absolute atomic E-state index is 0.239. The van der Waals surface area contributed by atoms with Crippen molar-refractivity contribution in [2.75, 3.05) is 5.73 Å². The maximum Gasteiger partial charge on any atom is 0.131 e. The molecule has 0 spiro atoms. The summed E-state index contributed by atoms with van der Waals surface area (Å²) < 4.78 is 14.6. The summed E-state index contributed by atoms with van der Waals surface area (Å²) in [4.78, 5) is 0. The molecule has 0 saturated carbocycles. The molecule has 0 amide bonds. The number of aryl methyl sites for hydroxylation is 1. The van der Waals surface area contributed by atoms with Crippen LogP contribution in [0.3, 0.4) is 0 Å². The predicted molar refractivity (Wildman–Crippen MR) is 68.7 cm³/mol. The second-order valence-electron chi connectivity index (χ2n) is 3.70. The van der Waals surface area contributed by atoms with Crippen molar-refractivity contribution in [3.05, 3.63) is 52.3 Å². The van der Waals surface area contributed by atoms with Gasteiger partial charge in [-0.3, -0.25) is 0 Å². The molecule has 82 valence electrons. The molecular weight excluding hydrogens is 269 g/mol. The first kappa shape index (κ1) is 11.1. The average molecular weight is 280 g/mol. The fraction of sp³-hybridized carbons (Fsp3) is 0.0769. The third kappa shape index (κ3) is 2.09. The van der Waals surface area contributed by atoms with Gasteiger partial charge in [0.2, 0.25) is 0 Å². The number of halogens is 2. The van der Waals surface area contributed by atoms with Crippen molar-refractivity contribution in [2.45, 2.75) is 6.92 Å². The summed E-state index contributed by atoms with van der Waals surface area (Å²) in [5, 5.41) is 0. The van der Waals surface area contributed by atoms with Crippen LogP contribution in [0.2, 0.25) is 0 Å². The van der Waals surface area contributed by atoms with E-state index in [9.17, 15) is 4.39 Å². The Morgan fingerprint density at radius 2 is 1.81 bits per heavy atom. The molecule has 0 radical (unpaired) electrons. The van der Waals surface area contributed by atoms with Crippen LogP contribution < -0.4 is 5.73 Å². The van der Waals surface area contributed by atoms with E-state index in [1.165, 1.54) is 6.07 Å². The van der Waals surface area contributed by atoms with E-state index in [-0.39, 0.29) is 5.82 Å². The predicted octanol–water partition coefficient (Wildman–Crippen LogP) is 4.15. The molecule has 0 atom stereocenters. The van der Waals surface area contributed by atoms with Crippen LogP contribution in [0.5, 0.6) is 0 Å². The summed E-state index contributed by atoms with van der Waals surface area (Å²) >= 11 is 3.34. The van der Waals surface area contributed by atoms with Gasteiger partial charge in [0, 0.05) is 15.7 Å². The first-order valence-corrected chi connectivity index (χ1v) is 5.69. The van der Waals surface area contributed by atoms with Gasteiger partial charge in [0.25, 0.3) is 0 Å². The molecule has 0 heterocycles. The summed E-state index contributed by atoms with van der Waals surface area (Å²) in [7, 11) is 0. The topological polar surface area (TPSA) is 26.0 Å². The molecule has 2 aromatic rings. The minimum Gasteiger partial charge on any atom is -0.399 e. The molecule has 3 heteroatoms. The van der Waals surface area contributed by atoms with Gasteiger partial charge in [-0.2, -0.15) is 0 Å². The number of hydrogen-bond donors (Lipinski definition) is 1. The largest absolute Gasteiger partial charge is 0.399 e. The minimum atomic E-state index is -0.239. The molecule has 0 saturated heterocycles. The zero-order valence-corrected chi connectivity index (χ0v) is 10.4. The summed E-state index contributed by atoms with van der Waals surface area (Å²) in [6, 6.07) is 10.4. The van der Waals surface area contributed by atoms with Crippen molar-refractivity contribution in [1.82, 2.24) is 0 Å². The second kappa shape index (κ2) is 4.26. The lowest BCUT2D eigenvalue weighted by molar-refractivity contribution is 0.631. The number of nitrogen functional groups attached to an aromatic ring is 1. The Morgan fingerprint density at radius 1 is 1.06 bits per heavy atom. The molecule has 2 N–H and O–H groups in total. The van der Waals surface area contributed by atoms with Crippen LogP contribution in [0.1, 0.15) is 5.56 Å². The first-order valence-electron chi connectivity index (χ1n) is 4.89. The van der Waals surface area contributed by atoms with Crippen LogP contribution in [-0.4, -0.2) is 0 Å². The maximum atomic E-state index is 13.7. The first-order chi connectivity index (χ1) is 7.58. The van der Waals surface area contributed by atoms with Crippen molar-refractivity contribution < 1.29 is 4.39 Å². The summed E-state index contributed by atoms with van der Waals surface area (Å²) in [6.07, 6.45) is 0. The maximum absolute atomic E-state index is 13.7. The van der Waals surface area contributed by atoms with E-state index < -0.39 is 0 Å². The van der Waals surface area contributed by atoms with Gasteiger partial charge >= 0.3 is 0 Å². The summed E-state index contributed by atoms with van der Waals surface area (Å²) in [6.45, 7) is 1.94. The van der Waals surface area contributed by atoms with Crippen LogP contribution >= 0.6 is 15.9 Å². The van der Waals surface area contributed by atoms with Gasteiger partial charge in [-0.05, 0) is 48.4 Å². The molecule has 0 aliphatic carbocycles. The van der Waals surface area contributed by atoms with Gasteiger partial charge in [0.15, 0.2) is 0 Å². The Kier molecular flexibility index (Phi) is 2.97. The second-order valence-corrected chi connectivity index (χ2v) is 4.61. The highest BCUT2D eigenvalue weighted by Crippen LogP contribution is 2.30. The van der Waals surface area contributed by atoms with Crippen molar-refractivity contribution in [2.24, 2.45) is 0 Å². The van der Waals surface area contributed by atoms with Crippen molar-refractivity contribution >= 4 is 21.6 Å². The van der Waals surface area contributed by atoms with Crippen LogP contribution in [0.4, 0.5) is 10.1 Å². The van der Waals surface area contributed by atoms with Crippen LogP contribution in [0.25, 0.3) is 11.1 Å². The smallest absolute Gasteiger partial charge is 0.131 e. The van der Waals surface area contributed by atoms with E-state index >= 15 is 0 Å². The summed E-state index contributed by atoms with van der Waals surface area (Å²) in [5.74, 6) is -0.239. The van der Waals surface area contributed by atoms with Gasteiger partial charge in [-0.25, -0.2) is 4.39 Å². The zero-order valence-electron chi connectivity index (χ0n) is 8.80. The molecule has 0 aromatic heterocycles. The van der Waals surface area contributed by atoms with E-state index in [2.05, 4.69) is 15.9 Å². The number of anilines is 1. The molecule has 0 bridgehead atoms. The van der Waals surface area contributed by atoms with Crippen LogP contribution in [-0.2, 0) is 0 Å². The Balaban J connectivity index is 2.66. The highest BCUT2D eigenvalue weighted by Gasteiger charge is 2.08. The highest BCUT2D eigenvalue weighted by molar-refractivity contribution is 9.10. The molecule has 0 unspecified atom stereocenters. The normalized spacial score (nSPS) is 10.4. The van der Waals surface area contributed by atoms with E-state index in [1.807, 2.05) is 19.1 Å². The SMILES string of the molecule is Cc1ccc(N)cc1-c1cc(Br)ccc1F. The third-order valence-corrected chi connectivity index (χ3v) is 2.97. The molecule has 2 rings (SSSR count). The number of hydrogen-bond acceptors (Lipinski definition) is 1. The van der Waals surface area contributed by atoms with Crippen LogP contribution in [0, 0.1) is 12.7 Å². The van der Waals surface area contributed by atoms with Crippen LogP contribution in [0.15, 0.2) is 40.9 Å². The van der Waals surface area contributed by atoms with E-state index in [0.29, 0.717) is 11.3 Å². The Labute approximate surface area is 102 Å². The lowest BCUT2D eigenvalue weighted by Gasteiger charge is -2.08. The van der Waals surface area contributed by atoms with E-state index in [0.717, 1.165) is 15.6 Å². The van der Waals surface area contributed by atoms with E-state index in [1.54, 1.807) is 18.2 Å². The van der Waals surface area contributed by atoms with Crippen molar-refractivity contribution in [1.29, 1.82) is 0 Å². The fourth-order valence-corrected chi connectivity index (χ4v) is 1.99. The van der Waals surface area contributed by atoms with Gasteiger partial charge in [-0.15, -0.1) is 0 Å². The molecule has 1 nitrogen and oxygen atoms in total. The lowest BCUT2D eigenvalue weighted by Crippen LogP contribution is -1.91. The Morgan fingerprint density at radius 3 is 2.56 bits per heavy atom. The monoisotopic (exact) mass is 279 g/mol. The molecule has 2 aromatic carbocycles. The molecule has 0 aliphatic heterocycles. The van der Waals surface area contributed by atoms with Gasteiger partial charge in [0.1, 0.15) is 5.82 Å². The Hall–Kier alpha value is -1.35. The quantitative estimate of drug-likeness (QED) is 0.780. The van der Waals surface area contributed by atoms with Gasteiger partial charge in [-0.1, -0.05) is 22.0 Å². The lowest BCUT2D eigenvalue weighted by atomic mass is 9.99. The van der Waals surface area contributed by atoms with Crippen molar-refractivity contribution in [3.63, 3.8) is 0 Å². The molecule has 0 fully saturated rings. The number of nitrogens with two attached hydrogens (primary N) is 1. The average Bonchev–Trinajstić information content (AvgIpc) is 2.25. The summed E-state index contributed by atoms with van der Waals surface area (Å²) in [5.41, 5.74) is 8.76. The number of benzene rings is 2. The van der Waals surface area contributed by atoms with E-state index in [4.69, 9.17) is 5.73 Å². The Bertz CT molecular complexity index is 488. The van der Waals surface area contributed by atoms with Gasteiger partial charge < -0.3 is 5.73 Å². The van der Waals surface area contributed by atoms with Gasteiger partial charge in [0.05, 0.1) is 0 Å². The zero-order chi connectivity index (χ0) is 11.7. The molecule has 0 aliphatic rings.